The molecule has 2 amide bonds. The number of hydrogen-bond donors (Lipinski definition) is 1. The molecule has 162 valence electrons. The van der Waals surface area contributed by atoms with Crippen molar-refractivity contribution >= 4 is 34.9 Å². The van der Waals surface area contributed by atoms with Gasteiger partial charge in [-0.1, -0.05) is 23.7 Å². The van der Waals surface area contributed by atoms with Gasteiger partial charge in [0.15, 0.2) is 5.78 Å². The predicted molar refractivity (Wildman–Crippen MR) is 118 cm³/mol. The fraction of sp³-hybridized carbons (Fsp3) is 0.167. The lowest BCUT2D eigenvalue weighted by atomic mass is 9.85. The number of hydrogen-bond acceptors (Lipinski definition) is 4. The molecule has 1 unspecified atom stereocenters. The predicted octanol–water partition coefficient (Wildman–Crippen LogP) is 3.82. The van der Waals surface area contributed by atoms with Gasteiger partial charge in [-0.3, -0.25) is 19.4 Å². The number of Topliss-reactive ketones (excluding diaryl/α,β-unsaturated/α-hetero) is 1. The number of nitrogens with one attached hydrogen (secondary N) is 1. The smallest absolute Gasteiger partial charge is 0.251 e. The third-order valence-electron chi connectivity index (χ3n) is 5.43. The Morgan fingerprint density at radius 1 is 1.16 bits per heavy atom. The maximum absolute atomic E-state index is 13.8. The van der Waals surface area contributed by atoms with Gasteiger partial charge in [-0.15, -0.1) is 0 Å². The molecular weight excluding hydrogens is 433 g/mol. The van der Waals surface area contributed by atoms with Crippen molar-refractivity contribution in [2.24, 2.45) is 5.92 Å². The fourth-order valence-electron chi connectivity index (χ4n) is 3.69. The molecule has 8 heteroatoms. The maximum Gasteiger partial charge on any atom is 0.251 e. The zero-order chi connectivity index (χ0) is 22.8. The van der Waals surface area contributed by atoms with E-state index in [2.05, 4.69) is 10.3 Å². The number of rotatable bonds is 5. The number of ketones is 1. The number of fused-ring (bicyclic) bond motifs is 1. The van der Waals surface area contributed by atoms with E-state index in [-0.39, 0.29) is 28.8 Å². The molecule has 1 atom stereocenters. The lowest BCUT2D eigenvalue weighted by molar-refractivity contribution is -0.121. The normalized spacial score (nSPS) is 15.5. The molecule has 1 aliphatic heterocycles. The molecular formula is C24H19ClFN3O3. The molecule has 0 spiro atoms. The number of aromatic nitrogens is 1. The highest BCUT2D eigenvalue weighted by atomic mass is 35.5. The van der Waals surface area contributed by atoms with Crippen LogP contribution in [-0.2, 0) is 17.8 Å². The highest BCUT2D eigenvalue weighted by molar-refractivity contribution is 6.30. The molecule has 1 aliphatic rings. The van der Waals surface area contributed by atoms with Gasteiger partial charge in [0.1, 0.15) is 11.7 Å². The zero-order valence-corrected chi connectivity index (χ0v) is 17.9. The summed E-state index contributed by atoms with van der Waals surface area (Å²) >= 11 is 5.72. The topological polar surface area (TPSA) is 79.4 Å². The Balaban J connectivity index is 1.57. The van der Waals surface area contributed by atoms with Crippen LogP contribution in [0.1, 0.15) is 31.8 Å². The fourth-order valence-corrected chi connectivity index (χ4v) is 3.81. The van der Waals surface area contributed by atoms with E-state index in [4.69, 9.17) is 11.6 Å². The van der Waals surface area contributed by atoms with Crippen molar-refractivity contribution in [2.75, 3.05) is 11.9 Å². The van der Waals surface area contributed by atoms with Crippen molar-refractivity contribution in [2.45, 2.75) is 13.0 Å². The van der Waals surface area contributed by atoms with Crippen LogP contribution in [0.4, 0.5) is 10.1 Å². The molecule has 3 aromatic rings. The molecule has 0 saturated heterocycles. The number of amides is 2. The minimum Gasteiger partial charge on any atom is -0.348 e. The average molecular weight is 452 g/mol. The summed E-state index contributed by atoms with van der Waals surface area (Å²) in [5.41, 5.74) is 2.35. The van der Waals surface area contributed by atoms with Crippen LogP contribution >= 0.6 is 11.6 Å². The van der Waals surface area contributed by atoms with Crippen molar-refractivity contribution < 1.29 is 18.8 Å². The van der Waals surface area contributed by atoms with Gasteiger partial charge in [0, 0.05) is 37.1 Å². The Morgan fingerprint density at radius 2 is 1.97 bits per heavy atom. The van der Waals surface area contributed by atoms with E-state index in [1.165, 1.54) is 23.1 Å². The minimum absolute atomic E-state index is 0.0283. The second-order valence-corrected chi connectivity index (χ2v) is 7.95. The van der Waals surface area contributed by atoms with E-state index in [0.29, 0.717) is 23.4 Å². The van der Waals surface area contributed by atoms with Gasteiger partial charge in [-0.2, -0.15) is 0 Å². The maximum atomic E-state index is 13.8. The number of halogens is 2. The highest BCUT2D eigenvalue weighted by Crippen LogP contribution is 2.32. The summed E-state index contributed by atoms with van der Waals surface area (Å²) < 4.78 is 13.8. The SMILES string of the molecule is CN1C(=O)C(Cc2ccc(Cl)c(F)c2)C(=O)c2cc(C(=O)NCc3cccnc3)ccc21. The minimum atomic E-state index is -1.01. The van der Waals surface area contributed by atoms with E-state index in [1.807, 2.05) is 6.07 Å². The molecule has 1 aromatic heterocycles. The molecule has 0 radical (unpaired) electrons. The summed E-state index contributed by atoms with van der Waals surface area (Å²) in [6.45, 7) is 0.293. The van der Waals surface area contributed by atoms with Gasteiger partial charge in [-0.05, 0) is 53.9 Å². The summed E-state index contributed by atoms with van der Waals surface area (Å²) in [6.07, 6.45) is 3.33. The lowest BCUT2D eigenvalue weighted by Crippen LogP contribution is -2.43. The van der Waals surface area contributed by atoms with Crippen molar-refractivity contribution in [1.29, 1.82) is 0 Å². The summed E-state index contributed by atoms with van der Waals surface area (Å²) in [6, 6.07) is 12.5. The molecule has 2 heterocycles. The first-order valence-corrected chi connectivity index (χ1v) is 10.3. The third-order valence-corrected chi connectivity index (χ3v) is 5.74. The van der Waals surface area contributed by atoms with Gasteiger partial charge in [0.2, 0.25) is 5.91 Å². The number of nitrogens with zero attached hydrogens (tertiary/aromatic N) is 2. The first-order chi connectivity index (χ1) is 15.3. The third kappa shape index (κ3) is 4.24. The molecule has 1 N–H and O–H groups in total. The summed E-state index contributed by atoms with van der Waals surface area (Å²) in [5.74, 6) is -2.75. The second-order valence-electron chi connectivity index (χ2n) is 7.54. The van der Waals surface area contributed by atoms with Gasteiger partial charge in [0.05, 0.1) is 10.7 Å². The van der Waals surface area contributed by atoms with Crippen LogP contribution in [0.5, 0.6) is 0 Å². The van der Waals surface area contributed by atoms with Gasteiger partial charge < -0.3 is 10.2 Å². The van der Waals surface area contributed by atoms with Crippen molar-refractivity contribution in [1.82, 2.24) is 10.3 Å². The molecule has 0 bridgehead atoms. The number of benzene rings is 2. The van der Waals surface area contributed by atoms with Gasteiger partial charge >= 0.3 is 0 Å². The van der Waals surface area contributed by atoms with E-state index >= 15 is 0 Å². The molecule has 0 saturated carbocycles. The van der Waals surface area contributed by atoms with Crippen molar-refractivity contribution in [3.05, 3.63) is 94.0 Å². The first kappa shape index (κ1) is 21.6. The Kier molecular flexibility index (Phi) is 6.01. The van der Waals surface area contributed by atoms with E-state index in [0.717, 1.165) is 5.56 Å². The monoisotopic (exact) mass is 451 g/mol. The van der Waals surface area contributed by atoms with Crippen LogP contribution in [0.15, 0.2) is 60.9 Å². The van der Waals surface area contributed by atoms with Crippen molar-refractivity contribution in [3.63, 3.8) is 0 Å². The van der Waals surface area contributed by atoms with Gasteiger partial charge in [-0.25, -0.2) is 4.39 Å². The number of carbonyl (C=O) groups is 3. The average Bonchev–Trinajstić information content (AvgIpc) is 2.81. The lowest BCUT2D eigenvalue weighted by Gasteiger charge is -2.30. The molecule has 0 fully saturated rings. The first-order valence-electron chi connectivity index (χ1n) is 9.92. The van der Waals surface area contributed by atoms with Crippen LogP contribution in [0.3, 0.4) is 0 Å². The van der Waals surface area contributed by atoms with Crippen LogP contribution in [0, 0.1) is 11.7 Å². The molecule has 0 aliphatic carbocycles. The Morgan fingerprint density at radius 3 is 2.69 bits per heavy atom. The Bertz CT molecular complexity index is 1220. The van der Waals surface area contributed by atoms with E-state index in [9.17, 15) is 18.8 Å². The molecule has 2 aromatic carbocycles. The van der Waals surface area contributed by atoms with Crippen LogP contribution in [-0.4, -0.2) is 29.6 Å². The van der Waals surface area contributed by atoms with Gasteiger partial charge in [0.25, 0.3) is 5.91 Å². The Hall–Kier alpha value is -3.58. The van der Waals surface area contributed by atoms with Crippen LogP contribution < -0.4 is 10.2 Å². The second kappa shape index (κ2) is 8.88. The van der Waals surface area contributed by atoms with E-state index < -0.39 is 17.5 Å². The van der Waals surface area contributed by atoms with E-state index in [1.54, 1.807) is 43.7 Å². The molecule has 4 rings (SSSR count). The molecule has 32 heavy (non-hydrogen) atoms. The summed E-state index contributed by atoms with van der Waals surface area (Å²) in [5, 5.41) is 2.77. The standard InChI is InChI=1S/C24H19ClFN3O3/c1-29-21-7-5-16(23(31)28-13-15-3-2-8-27-12-15)11-17(21)22(30)18(24(29)32)9-14-4-6-19(25)20(26)10-14/h2-8,10-12,18H,9,13H2,1H3,(H,28,31). The largest absolute Gasteiger partial charge is 0.348 e. The van der Waals surface area contributed by atoms with Crippen LogP contribution in [0.25, 0.3) is 0 Å². The number of anilines is 1. The van der Waals surface area contributed by atoms with Crippen LogP contribution in [0.2, 0.25) is 5.02 Å². The van der Waals surface area contributed by atoms with Crippen molar-refractivity contribution in [3.8, 4) is 0 Å². The number of pyridine rings is 1. The summed E-state index contributed by atoms with van der Waals surface area (Å²) in [7, 11) is 1.57. The summed E-state index contributed by atoms with van der Waals surface area (Å²) in [4.78, 5) is 44.0. The number of carbonyl (C=O) groups excluding carboxylic acids is 3. The highest BCUT2D eigenvalue weighted by Gasteiger charge is 2.38. The zero-order valence-electron chi connectivity index (χ0n) is 17.1. The molecule has 6 nitrogen and oxygen atoms in total. The Labute approximate surface area is 189 Å². The quantitative estimate of drug-likeness (QED) is 0.598.